The van der Waals surface area contributed by atoms with Gasteiger partial charge in [-0.25, -0.2) is 0 Å². The molecule has 274 valence electrons. The van der Waals surface area contributed by atoms with Crippen molar-refractivity contribution in [1.29, 1.82) is 0 Å². The van der Waals surface area contributed by atoms with E-state index in [1.165, 1.54) is 98.0 Å². The van der Waals surface area contributed by atoms with E-state index in [0.717, 1.165) is 11.4 Å². The van der Waals surface area contributed by atoms with E-state index in [1.807, 2.05) is 11.3 Å². The molecule has 2 nitrogen and oxygen atoms in total. The van der Waals surface area contributed by atoms with E-state index in [2.05, 4.69) is 217 Å². The highest BCUT2D eigenvalue weighted by Crippen LogP contribution is 2.54. The fraction of sp³-hybridized carbons (Fsp3) is 0.0545. The van der Waals surface area contributed by atoms with Gasteiger partial charge in [0.1, 0.15) is 4.83 Å². The van der Waals surface area contributed by atoms with Crippen molar-refractivity contribution < 1.29 is 0 Å². The number of nitrogens with zero attached hydrogens (tertiary/aromatic N) is 2. The van der Waals surface area contributed by atoms with E-state index in [-0.39, 0.29) is 5.41 Å². The molecule has 0 unspecified atom stereocenters. The largest absolute Gasteiger partial charge is 0.310 e. The predicted molar refractivity (Wildman–Crippen MR) is 248 cm³/mol. The van der Waals surface area contributed by atoms with Crippen LogP contribution in [0.4, 0.5) is 17.1 Å². The third kappa shape index (κ3) is 4.84. The fourth-order valence-corrected chi connectivity index (χ4v) is 10.9. The summed E-state index contributed by atoms with van der Waals surface area (Å²) in [5.74, 6) is 0. The summed E-state index contributed by atoms with van der Waals surface area (Å²) in [5, 5.41) is 5.23. The standard InChI is InChI=1S/C55H38N2S/c1-55(2)47-20-11-9-19-43(47)52-48(55)21-13-23-50(52)56(40-28-24-36(25-29-40)35-14-5-3-6-15-35)41-30-26-37(27-31-41)39-32-44-42-18-10-12-22-49(42)57-53(44)45(33-39)46-34-51(58-54(46)57)38-16-7-4-8-17-38/h3-34H,1-2H3. The van der Waals surface area contributed by atoms with Gasteiger partial charge in [-0.15, -0.1) is 11.3 Å². The molecule has 8 aromatic carbocycles. The summed E-state index contributed by atoms with van der Waals surface area (Å²) in [5.41, 5.74) is 17.4. The molecular formula is C55H38N2S. The van der Waals surface area contributed by atoms with Crippen LogP contribution in [0.5, 0.6) is 0 Å². The molecule has 58 heavy (non-hydrogen) atoms. The molecule has 0 fully saturated rings. The average molecular weight is 759 g/mol. The molecule has 11 aromatic rings. The zero-order chi connectivity index (χ0) is 38.5. The Kier molecular flexibility index (Phi) is 7.18. The van der Waals surface area contributed by atoms with Crippen LogP contribution in [0.15, 0.2) is 194 Å². The molecule has 0 saturated carbocycles. The molecule has 0 aliphatic heterocycles. The van der Waals surface area contributed by atoms with Crippen molar-refractivity contribution in [3.05, 3.63) is 205 Å². The first-order valence-electron chi connectivity index (χ1n) is 20.1. The highest BCUT2D eigenvalue weighted by atomic mass is 32.1. The summed E-state index contributed by atoms with van der Waals surface area (Å²) in [7, 11) is 0. The highest BCUT2D eigenvalue weighted by Gasteiger charge is 2.37. The van der Waals surface area contributed by atoms with Gasteiger partial charge >= 0.3 is 0 Å². The van der Waals surface area contributed by atoms with Crippen LogP contribution in [0.3, 0.4) is 0 Å². The van der Waals surface area contributed by atoms with Crippen LogP contribution in [0.2, 0.25) is 0 Å². The smallest absolute Gasteiger partial charge is 0.109 e. The molecule has 1 aliphatic rings. The minimum Gasteiger partial charge on any atom is -0.310 e. The number of anilines is 3. The minimum absolute atomic E-state index is 0.0953. The lowest BCUT2D eigenvalue weighted by Gasteiger charge is -2.29. The van der Waals surface area contributed by atoms with Crippen LogP contribution in [-0.4, -0.2) is 4.40 Å². The Balaban J connectivity index is 1.02. The van der Waals surface area contributed by atoms with Crippen molar-refractivity contribution in [1.82, 2.24) is 4.40 Å². The van der Waals surface area contributed by atoms with E-state index in [9.17, 15) is 0 Å². The monoisotopic (exact) mass is 758 g/mol. The van der Waals surface area contributed by atoms with Crippen molar-refractivity contribution in [3.8, 4) is 43.8 Å². The van der Waals surface area contributed by atoms with Gasteiger partial charge in [-0.1, -0.05) is 153 Å². The van der Waals surface area contributed by atoms with Crippen molar-refractivity contribution in [2.24, 2.45) is 0 Å². The molecule has 0 radical (unpaired) electrons. The van der Waals surface area contributed by atoms with Crippen molar-refractivity contribution in [2.75, 3.05) is 4.90 Å². The topological polar surface area (TPSA) is 7.65 Å². The van der Waals surface area contributed by atoms with Gasteiger partial charge in [0.15, 0.2) is 0 Å². The number of rotatable bonds is 6. The lowest BCUT2D eigenvalue weighted by molar-refractivity contribution is 0.660. The first kappa shape index (κ1) is 33.2. The van der Waals surface area contributed by atoms with Crippen LogP contribution in [0, 0.1) is 0 Å². The molecule has 0 spiro atoms. The molecular weight excluding hydrogens is 721 g/mol. The summed E-state index contributed by atoms with van der Waals surface area (Å²) in [6.07, 6.45) is 0. The summed E-state index contributed by atoms with van der Waals surface area (Å²) >= 11 is 1.89. The van der Waals surface area contributed by atoms with E-state index < -0.39 is 0 Å². The summed E-state index contributed by atoms with van der Waals surface area (Å²) in [6, 6.07) is 71.6. The predicted octanol–water partition coefficient (Wildman–Crippen LogP) is 15.7. The van der Waals surface area contributed by atoms with Crippen LogP contribution >= 0.6 is 11.3 Å². The normalized spacial score (nSPS) is 13.1. The Morgan fingerprint density at radius 1 is 0.448 bits per heavy atom. The quantitative estimate of drug-likeness (QED) is 0.164. The van der Waals surface area contributed by atoms with Gasteiger partial charge in [-0.3, -0.25) is 4.40 Å². The lowest BCUT2D eigenvalue weighted by Crippen LogP contribution is -2.16. The van der Waals surface area contributed by atoms with Gasteiger partial charge in [-0.2, -0.15) is 0 Å². The molecule has 3 aromatic heterocycles. The van der Waals surface area contributed by atoms with Gasteiger partial charge < -0.3 is 4.90 Å². The van der Waals surface area contributed by atoms with Crippen molar-refractivity contribution >= 4 is 65.8 Å². The number of thiophene rings is 1. The lowest BCUT2D eigenvalue weighted by atomic mass is 9.82. The van der Waals surface area contributed by atoms with Crippen LogP contribution in [0.1, 0.15) is 25.0 Å². The summed E-state index contributed by atoms with van der Waals surface area (Å²) in [6.45, 7) is 4.71. The number of fused-ring (bicyclic) bond motifs is 9. The molecule has 1 aliphatic carbocycles. The Morgan fingerprint density at radius 2 is 1.02 bits per heavy atom. The van der Waals surface area contributed by atoms with E-state index in [1.54, 1.807) is 0 Å². The number of para-hydroxylation sites is 1. The first-order valence-corrected chi connectivity index (χ1v) is 20.9. The molecule has 0 atom stereocenters. The Morgan fingerprint density at radius 3 is 1.74 bits per heavy atom. The Bertz CT molecular complexity index is 3330. The third-order valence-corrected chi connectivity index (χ3v) is 13.7. The second-order valence-electron chi connectivity index (χ2n) is 16.1. The first-order chi connectivity index (χ1) is 28.5. The number of hydrogen-bond donors (Lipinski definition) is 0. The summed E-state index contributed by atoms with van der Waals surface area (Å²) < 4.78 is 2.50. The molecule has 0 bridgehead atoms. The Labute approximate surface area is 341 Å². The van der Waals surface area contributed by atoms with Gasteiger partial charge in [0.2, 0.25) is 0 Å². The maximum Gasteiger partial charge on any atom is 0.109 e. The molecule has 3 heteroatoms. The fourth-order valence-electron chi connectivity index (χ4n) is 9.75. The number of benzene rings is 8. The van der Waals surface area contributed by atoms with Crippen molar-refractivity contribution in [3.63, 3.8) is 0 Å². The van der Waals surface area contributed by atoms with E-state index in [0.29, 0.717) is 0 Å². The zero-order valence-electron chi connectivity index (χ0n) is 32.3. The number of aromatic nitrogens is 1. The zero-order valence-corrected chi connectivity index (χ0v) is 33.1. The molecule has 0 N–H and O–H groups in total. The maximum atomic E-state index is 2.50. The third-order valence-electron chi connectivity index (χ3n) is 12.6. The Hall–Kier alpha value is -6.94. The van der Waals surface area contributed by atoms with Gasteiger partial charge in [0, 0.05) is 48.8 Å². The second-order valence-corrected chi connectivity index (χ2v) is 17.2. The number of hydrogen-bond acceptors (Lipinski definition) is 2. The van der Waals surface area contributed by atoms with E-state index in [4.69, 9.17) is 0 Å². The van der Waals surface area contributed by atoms with Crippen LogP contribution in [-0.2, 0) is 5.41 Å². The van der Waals surface area contributed by atoms with Gasteiger partial charge in [0.25, 0.3) is 0 Å². The van der Waals surface area contributed by atoms with Crippen molar-refractivity contribution in [2.45, 2.75) is 19.3 Å². The average Bonchev–Trinajstić information content (AvgIpc) is 4.01. The molecule has 0 amide bonds. The van der Waals surface area contributed by atoms with Crippen LogP contribution < -0.4 is 4.90 Å². The van der Waals surface area contributed by atoms with Gasteiger partial charge in [0.05, 0.1) is 16.7 Å². The van der Waals surface area contributed by atoms with Gasteiger partial charge in [-0.05, 0) is 99.1 Å². The molecule has 0 saturated heterocycles. The highest BCUT2D eigenvalue weighted by molar-refractivity contribution is 7.22. The van der Waals surface area contributed by atoms with Crippen LogP contribution in [0.25, 0.3) is 81.2 Å². The molecule has 12 rings (SSSR count). The minimum atomic E-state index is -0.0953. The summed E-state index contributed by atoms with van der Waals surface area (Å²) in [4.78, 5) is 5.06. The SMILES string of the molecule is CC1(C)c2ccccc2-c2c(N(c3ccc(-c4ccccc4)cc3)c3ccc(-c4cc5c6ccccc6n6c7sc(-c8ccccc8)cc7c(c4)c56)cc3)cccc21. The second kappa shape index (κ2) is 12.5. The maximum absolute atomic E-state index is 2.50. The van der Waals surface area contributed by atoms with E-state index >= 15 is 0 Å². The molecule has 3 heterocycles.